The minimum atomic E-state index is -0.225. The van der Waals surface area contributed by atoms with E-state index in [1.807, 2.05) is 66.7 Å². The second kappa shape index (κ2) is 7.15. The van der Waals surface area contributed by atoms with Crippen molar-refractivity contribution in [1.29, 1.82) is 5.26 Å². The summed E-state index contributed by atoms with van der Waals surface area (Å²) in [5, 5.41) is 9.85. The van der Waals surface area contributed by atoms with Gasteiger partial charge in [0, 0.05) is 16.7 Å². The summed E-state index contributed by atoms with van der Waals surface area (Å²) in [5.41, 5.74) is 2.60. The van der Waals surface area contributed by atoms with Crippen LogP contribution in [0, 0.1) is 11.3 Å². The number of hydrogen-bond donors (Lipinski definition) is 0. The highest BCUT2D eigenvalue weighted by Crippen LogP contribution is 2.38. The summed E-state index contributed by atoms with van der Waals surface area (Å²) in [6, 6.07) is 29.9. The fourth-order valence-corrected chi connectivity index (χ4v) is 3.07. The Morgan fingerprint density at radius 3 is 1.70 bits per heavy atom. The summed E-state index contributed by atoms with van der Waals surface area (Å²) in [5.74, 6) is 0.605. The van der Waals surface area contributed by atoms with Crippen LogP contribution in [0.5, 0.6) is 0 Å². The molecule has 0 fully saturated rings. The first-order valence-corrected chi connectivity index (χ1v) is 8.57. The smallest absolute Gasteiger partial charge is 0.198 e. The lowest BCUT2D eigenvalue weighted by Gasteiger charge is -2.03. The van der Waals surface area contributed by atoms with Crippen LogP contribution >= 0.6 is 0 Å². The highest BCUT2D eigenvalue weighted by molar-refractivity contribution is 6.14. The van der Waals surface area contributed by atoms with Crippen LogP contribution in [0.4, 0.5) is 0 Å². The predicted molar refractivity (Wildman–Crippen MR) is 104 cm³/mol. The molecule has 3 heteroatoms. The molecular formula is C24H15NO2. The van der Waals surface area contributed by atoms with Crippen molar-refractivity contribution in [2.24, 2.45) is 0 Å². The van der Waals surface area contributed by atoms with E-state index in [-0.39, 0.29) is 11.3 Å². The molecule has 0 atom stereocenters. The zero-order valence-corrected chi connectivity index (χ0v) is 14.4. The zero-order valence-electron chi connectivity index (χ0n) is 14.4. The van der Waals surface area contributed by atoms with Gasteiger partial charge in [-0.2, -0.15) is 5.26 Å². The molecule has 0 saturated heterocycles. The summed E-state index contributed by atoms with van der Waals surface area (Å²) < 4.78 is 6.11. The maximum Gasteiger partial charge on any atom is 0.198 e. The zero-order chi connectivity index (χ0) is 18.6. The molecule has 0 saturated carbocycles. The lowest BCUT2D eigenvalue weighted by atomic mass is 9.95. The van der Waals surface area contributed by atoms with Crippen LogP contribution in [0.2, 0.25) is 0 Å². The van der Waals surface area contributed by atoms with Gasteiger partial charge in [0.25, 0.3) is 0 Å². The van der Waals surface area contributed by atoms with E-state index in [0.717, 1.165) is 11.1 Å². The molecule has 3 aromatic carbocycles. The summed E-state index contributed by atoms with van der Waals surface area (Å²) in [4.78, 5) is 13.3. The topological polar surface area (TPSA) is 54.0 Å². The van der Waals surface area contributed by atoms with Crippen molar-refractivity contribution in [3.63, 3.8) is 0 Å². The molecule has 0 spiro atoms. The third-order valence-corrected chi connectivity index (χ3v) is 4.36. The molecule has 4 aromatic rings. The predicted octanol–water partition coefficient (Wildman–Crippen LogP) is 5.72. The maximum atomic E-state index is 13.3. The van der Waals surface area contributed by atoms with Crippen LogP contribution < -0.4 is 0 Å². The standard InChI is InChI=1S/C24H15NO2/c25-16-20-21(22(26)17-10-4-1-5-11-17)24(19-14-8-3-9-15-19)27-23(20)18-12-6-2-7-13-18/h1-15H. The van der Waals surface area contributed by atoms with Crippen molar-refractivity contribution in [1.82, 2.24) is 0 Å². The Morgan fingerprint density at radius 2 is 1.19 bits per heavy atom. The number of ketones is 1. The molecule has 128 valence electrons. The Hall–Kier alpha value is -3.90. The van der Waals surface area contributed by atoms with E-state index >= 15 is 0 Å². The van der Waals surface area contributed by atoms with Crippen molar-refractivity contribution in [2.75, 3.05) is 0 Å². The molecule has 3 nitrogen and oxygen atoms in total. The van der Waals surface area contributed by atoms with Crippen LogP contribution in [0.1, 0.15) is 21.5 Å². The fourth-order valence-electron chi connectivity index (χ4n) is 3.07. The molecule has 27 heavy (non-hydrogen) atoms. The van der Waals surface area contributed by atoms with Crippen molar-refractivity contribution in [3.05, 3.63) is 108 Å². The lowest BCUT2D eigenvalue weighted by molar-refractivity contribution is 0.103. The average molecular weight is 349 g/mol. The lowest BCUT2D eigenvalue weighted by Crippen LogP contribution is -2.03. The van der Waals surface area contributed by atoms with Crippen molar-refractivity contribution in [3.8, 4) is 28.7 Å². The van der Waals surface area contributed by atoms with Gasteiger partial charge in [-0.05, 0) is 0 Å². The summed E-state index contributed by atoms with van der Waals surface area (Å²) in [7, 11) is 0. The summed E-state index contributed by atoms with van der Waals surface area (Å²) in [6.45, 7) is 0. The number of furan rings is 1. The fraction of sp³-hybridized carbons (Fsp3) is 0. The Morgan fingerprint density at radius 1 is 0.704 bits per heavy atom. The highest BCUT2D eigenvalue weighted by atomic mass is 16.3. The van der Waals surface area contributed by atoms with Crippen LogP contribution in [-0.2, 0) is 0 Å². The van der Waals surface area contributed by atoms with E-state index in [9.17, 15) is 10.1 Å². The number of nitriles is 1. The van der Waals surface area contributed by atoms with Crippen LogP contribution in [0.25, 0.3) is 22.6 Å². The molecular weight excluding hydrogens is 334 g/mol. The molecule has 1 heterocycles. The second-order valence-corrected chi connectivity index (χ2v) is 6.05. The monoisotopic (exact) mass is 349 g/mol. The molecule has 4 rings (SSSR count). The number of hydrogen-bond acceptors (Lipinski definition) is 3. The van der Waals surface area contributed by atoms with Gasteiger partial charge >= 0.3 is 0 Å². The van der Waals surface area contributed by atoms with Gasteiger partial charge in [0.1, 0.15) is 17.4 Å². The minimum absolute atomic E-state index is 0.225. The first kappa shape index (κ1) is 16.6. The van der Waals surface area contributed by atoms with E-state index in [4.69, 9.17) is 4.42 Å². The third-order valence-electron chi connectivity index (χ3n) is 4.36. The first-order valence-electron chi connectivity index (χ1n) is 8.57. The second-order valence-electron chi connectivity index (χ2n) is 6.05. The van der Waals surface area contributed by atoms with Crippen LogP contribution in [0.3, 0.4) is 0 Å². The van der Waals surface area contributed by atoms with E-state index in [1.165, 1.54) is 0 Å². The van der Waals surface area contributed by atoms with Crippen molar-refractivity contribution < 1.29 is 9.21 Å². The van der Waals surface area contributed by atoms with Gasteiger partial charge in [-0.1, -0.05) is 91.0 Å². The van der Waals surface area contributed by atoms with E-state index in [1.54, 1.807) is 24.3 Å². The van der Waals surface area contributed by atoms with Gasteiger partial charge in [-0.15, -0.1) is 0 Å². The van der Waals surface area contributed by atoms with Gasteiger partial charge in [0.15, 0.2) is 11.5 Å². The number of nitrogens with zero attached hydrogens (tertiary/aromatic N) is 1. The van der Waals surface area contributed by atoms with Gasteiger partial charge in [0.05, 0.1) is 5.56 Å². The largest absolute Gasteiger partial charge is 0.454 e. The van der Waals surface area contributed by atoms with Crippen molar-refractivity contribution in [2.45, 2.75) is 0 Å². The van der Waals surface area contributed by atoms with E-state index < -0.39 is 0 Å². The molecule has 0 aliphatic rings. The molecule has 0 bridgehead atoms. The quantitative estimate of drug-likeness (QED) is 0.443. The van der Waals surface area contributed by atoms with Gasteiger partial charge in [-0.25, -0.2) is 0 Å². The Labute approximate surface area is 157 Å². The molecule has 0 N–H and O–H groups in total. The molecule has 0 amide bonds. The maximum absolute atomic E-state index is 13.3. The van der Waals surface area contributed by atoms with Gasteiger partial charge < -0.3 is 4.42 Å². The normalized spacial score (nSPS) is 10.3. The Kier molecular flexibility index (Phi) is 4.38. The van der Waals surface area contributed by atoms with Gasteiger partial charge in [-0.3, -0.25) is 4.79 Å². The molecule has 0 aliphatic carbocycles. The average Bonchev–Trinajstić information content (AvgIpc) is 3.14. The number of carbonyl (C=O) groups excluding carboxylic acids is 1. The number of benzene rings is 3. The van der Waals surface area contributed by atoms with Gasteiger partial charge in [0.2, 0.25) is 0 Å². The van der Waals surface area contributed by atoms with Crippen LogP contribution in [0.15, 0.2) is 95.4 Å². The first-order chi connectivity index (χ1) is 13.3. The molecule has 1 aromatic heterocycles. The number of carbonyl (C=O) groups is 1. The summed E-state index contributed by atoms with van der Waals surface area (Å²) in [6.07, 6.45) is 0. The Bertz CT molecular complexity index is 1120. The number of rotatable bonds is 4. The summed E-state index contributed by atoms with van der Waals surface area (Å²) >= 11 is 0. The van der Waals surface area contributed by atoms with Crippen LogP contribution in [-0.4, -0.2) is 5.78 Å². The Balaban J connectivity index is 1.99. The molecule has 0 aliphatic heterocycles. The van der Waals surface area contributed by atoms with E-state index in [2.05, 4.69) is 6.07 Å². The highest BCUT2D eigenvalue weighted by Gasteiger charge is 2.28. The molecule has 0 radical (unpaired) electrons. The van der Waals surface area contributed by atoms with E-state index in [0.29, 0.717) is 22.6 Å². The van der Waals surface area contributed by atoms with Crippen molar-refractivity contribution >= 4 is 5.78 Å². The SMILES string of the molecule is N#Cc1c(-c2ccccc2)oc(-c2ccccc2)c1C(=O)c1ccccc1. The minimum Gasteiger partial charge on any atom is -0.454 e. The third kappa shape index (κ3) is 3.05. The molecule has 0 unspecified atom stereocenters.